The van der Waals surface area contributed by atoms with E-state index in [-0.39, 0.29) is 36.0 Å². The summed E-state index contributed by atoms with van der Waals surface area (Å²) in [5.41, 5.74) is 0. The molecule has 6 nitrogen and oxygen atoms in total. The number of carboxylic acids is 1. The number of hydrogen-bond donors (Lipinski definition) is 3. The SMILES string of the molecule is C=CCCC(O)CNCCN(CCC(=O)[O-])CC(O)CCCC.[Na+]. The van der Waals surface area contributed by atoms with E-state index in [9.17, 15) is 20.1 Å². The number of hydrogen-bond acceptors (Lipinski definition) is 6. The molecule has 2 atom stereocenters. The number of aliphatic hydroxyl groups excluding tert-OH is 2. The zero-order chi connectivity index (χ0) is 17.5. The van der Waals surface area contributed by atoms with Crippen molar-refractivity contribution in [3.05, 3.63) is 12.7 Å². The molecule has 0 spiro atoms. The van der Waals surface area contributed by atoms with Gasteiger partial charge in [0.05, 0.1) is 12.2 Å². The van der Waals surface area contributed by atoms with E-state index in [4.69, 9.17) is 0 Å². The molecule has 136 valence electrons. The molecule has 0 aromatic heterocycles. The van der Waals surface area contributed by atoms with Gasteiger partial charge in [-0.2, -0.15) is 0 Å². The Morgan fingerprint density at radius 1 is 1.29 bits per heavy atom. The zero-order valence-electron chi connectivity index (χ0n) is 15.4. The standard InChI is InChI=1S/C17H34N2O4.Na/c1-3-5-7-15(20)13-18-10-12-19(11-9-17(22)23)14-16(21)8-6-4-2;/h3,15-16,18,20-21H,1,4-14H2,2H3,(H,22,23);/q;+1/p-1. The number of aliphatic carboxylic acids is 1. The molecule has 0 aliphatic rings. The smallest absolute Gasteiger partial charge is 0.550 e. The van der Waals surface area contributed by atoms with Crippen LogP contribution in [0.1, 0.15) is 45.4 Å². The van der Waals surface area contributed by atoms with Gasteiger partial charge in [-0.05, 0) is 25.7 Å². The van der Waals surface area contributed by atoms with E-state index in [0.29, 0.717) is 39.1 Å². The summed E-state index contributed by atoms with van der Waals surface area (Å²) in [7, 11) is 0. The minimum Gasteiger partial charge on any atom is -0.550 e. The van der Waals surface area contributed by atoms with Crippen LogP contribution in [0, 0.1) is 0 Å². The maximum atomic E-state index is 10.6. The predicted molar refractivity (Wildman–Crippen MR) is 89.9 cm³/mol. The van der Waals surface area contributed by atoms with Crippen LogP contribution in [0.25, 0.3) is 0 Å². The number of unbranched alkanes of at least 4 members (excludes halogenated alkanes) is 1. The fraction of sp³-hybridized carbons (Fsp3) is 0.824. The zero-order valence-corrected chi connectivity index (χ0v) is 17.4. The fourth-order valence-electron chi connectivity index (χ4n) is 2.29. The van der Waals surface area contributed by atoms with Gasteiger partial charge < -0.3 is 25.4 Å². The third-order valence-electron chi connectivity index (χ3n) is 3.68. The monoisotopic (exact) mass is 352 g/mol. The van der Waals surface area contributed by atoms with E-state index in [0.717, 1.165) is 25.7 Å². The number of allylic oxidation sites excluding steroid dienone is 1. The molecule has 0 saturated carbocycles. The summed E-state index contributed by atoms with van der Waals surface area (Å²) in [6.45, 7) is 8.29. The molecule has 0 radical (unpaired) electrons. The number of aliphatic hydroxyl groups is 2. The Bertz CT molecular complexity index is 319. The first kappa shape index (κ1) is 26.3. The molecule has 0 bridgehead atoms. The molecule has 0 heterocycles. The third kappa shape index (κ3) is 16.9. The van der Waals surface area contributed by atoms with Crippen LogP contribution in [0.2, 0.25) is 0 Å². The number of nitrogens with one attached hydrogen (secondary N) is 1. The van der Waals surface area contributed by atoms with E-state index in [1.54, 1.807) is 6.08 Å². The Morgan fingerprint density at radius 3 is 2.58 bits per heavy atom. The first-order chi connectivity index (χ1) is 11.0. The molecular formula is C17H33N2NaO4. The van der Waals surface area contributed by atoms with Crippen molar-refractivity contribution in [2.45, 2.75) is 57.7 Å². The van der Waals surface area contributed by atoms with Crippen molar-refractivity contribution in [1.82, 2.24) is 10.2 Å². The molecule has 0 aliphatic carbocycles. The molecule has 0 aromatic carbocycles. The third-order valence-corrected chi connectivity index (χ3v) is 3.68. The number of carboxylic acid groups (broad SMARTS) is 1. The molecule has 0 rings (SSSR count). The van der Waals surface area contributed by atoms with Gasteiger partial charge in [0.2, 0.25) is 0 Å². The summed E-state index contributed by atoms with van der Waals surface area (Å²) in [4.78, 5) is 12.6. The molecule has 0 aromatic rings. The Kier molecular flexibility index (Phi) is 19.6. The Labute approximate surface area is 168 Å². The van der Waals surface area contributed by atoms with Crippen LogP contribution in [0.4, 0.5) is 0 Å². The van der Waals surface area contributed by atoms with Gasteiger partial charge in [-0.1, -0.05) is 25.8 Å². The van der Waals surface area contributed by atoms with Gasteiger partial charge >= 0.3 is 29.6 Å². The number of carbonyl (C=O) groups is 1. The van der Waals surface area contributed by atoms with Crippen molar-refractivity contribution in [3.8, 4) is 0 Å². The van der Waals surface area contributed by atoms with E-state index in [1.165, 1.54) is 0 Å². The molecule has 2 unspecified atom stereocenters. The van der Waals surface area contributed by atoms with Crippen molar-refractivity contribution >= 4 is 5.97 Å². The van der Waals surface area contributed by atoms with E-state index >= 15 is 0 Å². The van der Waals surface area contributed by atoms with Crippen LogP contribution < -0.4 is 40.0 Å². The summed E-state index contributed by atoms with van der Waals surface area (Å²) in [6.07, 6.45) is 5.08. The average molecular weight is 352 g/mol. The second-order valence-electron chi connectivity index (χ2n) is 5.94. The van der Waals surface area contributed by atoms with Gasteiger partial charge in [-0.25, -0.2) is 0 Å². The van der Waals surface area contributed by atoms with Gasteiger partial charge in [-0.15, -0.1) is 6.58 Å². The Morgan fingerprint density at radius 2 is 2.00 bits per heavy atom. The van der Waals surface area contributed by atoms with E-state index in [2.05, 4.69) is 18.8 Å². The van der Waals surface area contributed by atoms with Crippen LogP contribution in [0.3, 0.4) is 0 Å². The maximum absolute atomic E-state index is 10.6. The minimum atomic E-state index is -1.08. The number of nitrogens with zero attached hydrogens (tertiary/aromatic N) is 1. The topological polar surface area (TPSA) is 95.9 Å². The summed E-state index contributed by atoms with van der Waals surface area (Å²) >= 11 is 0. The van der Waals surface area contributed by atoms with Gasteiger partial charge in [0, 0.05) is 38.7 Å². The van der Waals surface area contributed by atoms with Gasteiger partial charge in [-0.3, -0.25) is 4.90 Å². The van der Waals surface area contributed by atoms with Crippen LogP contribution in [-0.4, -0.2) is 66.0 Å². The molecule has 0 fully saturated rings. The molecule has 0 amide bonds. The van der Waals surface area contributed by atoms with Crippen LogP contribution in [-0.2, 0) is 4.79 Å². The predicted octanol–water partition coefficient (Wildman–Crippen LogP) is -3.10. The number of rotatable bonds is 16. The molecular weight excluding hydrogens is 319 g/mol. The molecule has 7 heteroatoms. The molecule has 0 saturated heterocycles. The van der Waals surface area contributed by atoms with Crippen molar-refractivity contribution in [2.24, 2.45) is 0 Å². The Balaban J connectivity index is 0. The van der Waals surface area contributed by atoms with Gasteiger partial charge in [0.25, 0.3) is 0 Å². The summed E-state index contributed by atoms with van der Waals surface area (Å²) in [6, 6.07) is 0. The van der Waals surface area contributed by atoms with Crippen molar-refractivity contribution in [2.75, 3.05) is 32.7 Å². The quantitative estimate of drug-likeness (QED) is 0.155. The van der Waals surface area contributed by atoms with Crippen molar-refractivity contribution in [1.29, 1.82) is 0 Å². The molecule has 0 aliphatic heterocycles. The minimum absolute atomic E-state index is 0. The average Bonchev–Trinajstić information content (AvgIpc) is 2.52. The fourth-order valence-corrected chi connectivity index (χ4v) is 2.29. The second-order valence-corrected chi connectivity index (χ2v) is 5.94. The van der Waals surface area contributed by atoms with Crippen molar-refractivity contribution < 1.29 is 49.7 Å². The first-order valence-electron chi connectivity index (χ1n) is 8.59. The normalized spacial score (nSPS) is 13.3. The van der Waals surface area contributed by atoms with E-state index < -0.39 is 18.2 Å². The first-order valence-corrected chi connectivity index (χ1v) is 8.59. The van der Waals surface area contributed by atoms with Crippen molar-refractivity contribution in [3.63, 3.8) is 0 Å². The maximum Gasteiger partial charge on any atom is 1.00 e. The van der Waals surface area contributed by atoms with Gasteiger partial charge in [0.15, 0.2) is 0 Å². The largest absolute Gasteiger partial charge is 1.00 e. The van der Waals surface area contributed by atoms with Crippen LogP contribution in [0.5, 0.6) is 0 Å². The molecule has 3 N–H and O–H groups in total. The summed E-state index contributed by atoms with van der Waals surface area (Å²) < 4.78 is 0. The van der Waals surface area contributed by atoms with Crippen LogP contribution >= 0.6 is 0 Å². The summed E-state index contributed by atoms with van der Waals surface area (Å²) in [5.74, 6) is -1.08. The van der Waals surface area contributed by atoms with E-state index in [1.807, 2.05) is 4.90 Å². The Hall–Kier alpha value is 0.0500. The molecule has 24 heavy (non-hydrogen) atoms. The summed E-state index contributed by atoms with van der Waals surface area (Å²) in [5, 5.41) is 33.5. The second kappa shape index (κ2) is 17.9. The number of carbonyl (C=O) groups excluding carboxylic acids is 1. The van der Waals surface area contributed by atoms with Crippen LogP contribution in [0.15, 0.2) is 12.7 Å². The van der Waals surface area contributed by atoms with Gasteiger partial charge in [0.1, 0.15) is 0 Å².